The second kappa shape index (κ2) is 7.81. The molecule has 0 saturated carbocycles. The van der Waals surface area contributed by atoms with Gasteiger partial charge in [0.2, 0.25) is 0 Å². The highest BCUT2D eigenvalue weighted by Crippen LogP contribution is 2.35. The third-order valence-corrected chi connectivity index (χ3v) is 8.07. The number of nitrogens with zero attached hydrogens (tertiary/aromatic N) is 3. The summed E-state index contributed by atoms with van der Waals surface area (Å²) in [7, 11) is 0. The Kier molecular flexibility index (Phi) is 4.79. The summed E-state index contributed by atoms with van der Waals surface area (Å²) < 4.78 is 0. The normalized spacial score (nSPS) is 17.1. The number of pyridine rings is 1. The van der Waals surface area contributed by atoms with Gasteiger partial charge in [0.25, 0.3) is 11.5 Å². The Morgan fingerprint density at radius 1 is 1.09 bits per heavy atom. The minimum Gasteiger partial charge on any atom is -0.337 e. The molecule has 1 N–H and O–H groups in total. The summed E-state index contributed by atoms with van der Waals surface area (Å²) in [6, 6.07) is 9.79. The maximum Gasteiger partial charge on any atom is 0.273 e. The average Bonchev–Trinajstić information content (AvgIpc) is 3.22. The summed E-state index contributed by atoms with van der Waals surface area (Å²) in [5.74, 6) is 0.912. The van der Waals surface area contributed by atoms with Crippen LogP contribution in [0.25, 0.3) is 21.0 Å². The molecule has 4 heterocycles. The number of carbonyl (C=O) groups is 1. The van der Waals surface area contributed by atoms with Gasteiger partial charge < -0.3 is 9.88 Å². The third kappa shape index (κ3) is 3.23. The number of likely N-dealkylation sites (tertiary alicyclic amines) is 1. The highest BCUT2D eigenvalue weighted by atomic mass is 32.1. The lowest BCUT2D eigenvalue weighted by atomic mass is 9.95. The Hall–Kier alpha value is -3.06. The molecule has 1 aromatic carbocycles. The maximum atomic E-state index is 13.2. The number of aryl methyl sites for hydroxylation is 2. The van der Waals surface area contributed by atoms with E-state index in [4.69, 9.17) is 4.98 Å². The quantitative estimate of drug-likeness (QED) is 0.496. The van der Waals surface area contributed by atoms with Gasteiger partial charge in [0.05, 0.1) is 5.39 Å². The van der Waals surface area contributed by atoms with E-state index < -0.39 is 0 Å². The number of thiophene rings is 1. The lowest BCUT2D eigenvalue weighted by molar-refractivity contribution is 0.0707. The van der Waals surface area contributed by atoms with Crippen molar-refractivity contribution in [1.82, 2.24) is 19.9 Å². The summed E-state index contributed by atoms with van der Waals surface area (Å²) in [4.78, 5) is 42.5. The van der Waals surface area contributed by atoms with Crippen molar-refractivity contribution in [3.8, 4) is 0 Å². The average molecular weight is 445 g/mol. The Bertz CT molecular complexity index is 1390. The number of fused-ring (bicyclic) bond motifs is 4. The molecule has 0 bridgehead atoms. The van der Waals surface area contributed by atoms with Crippen LogP contribution >= 0.6 is 11.3 Å². The largest absolute Gasteiger partial charge is 0.337 e. The molecule has 1 aliphatic heterocycles. The van der Waals surface area contributed by atoms with Crippen molar-refractivity contribution in [3.05, 3.63) is 68.8 Å². The highest BCUT2D eigenvalue weighted by molar-refractivity contribution is 7.18. The SMILES string of the molecule is O=C(c1nccc2ccccc12)N1CCC(c2nc3sc4c(c3c(=O)[nH]2)CCCC4)CC1. The summed E-state index contributed by atoms with van der Waals surface area (Å²) in [6.45, 7) is 1.27. The molecule has 2 aliphatic rings. The fourth-order valence-corrected chi connectivity index (χ4v) is 6.44. The van der Waals surface area contributed by atoms with Gasteiger partial charge in [-0.15, -0.1) is 11.3 Å². The molecule has 32 heavy (non-hydrogen) atoms. The molecule has 6 nitrogen and oxygen atoms in total. The van der Waals surface area contributed by atoms with E-state index in [0.717, 1.165) is 58.9 Å². The molecule has 0 spiro atoms. The Balaban J connectivity index is 1.23. The van der Waals surface area contributed by atoms with Crippen LogP contribution in [0.2, 0.25) is 0 Å². The number of carbonyl (C=O) groups excluding carboxylic acids is 1. The lowest BCUT2D eigenvalue weighted by Gasteiger charge is -2.31. The van der Waals surface area contributed by atoms with Crippen molar-refractivity contribution in [2.24, 2.45) is 0 Å². The monoisotopic (exact) mass is 444 g/mol. The number of aromatic nitrogens is 3. The molecule has 162 valence electrons. The number of amides is 1. The molecule has 1 amide bonds. The minimum atomic E-state index is -0.0249. The van der Waals surface area contributed by atoms with Crippen molar-refractivity contribution in [2.45, 2.75) is 44.4 Å². The zero-order valence-electron chi connectivity index (χ0n) is 17.8. The summed E-state index contributed by atoms with van der Waals surface area (Å²) in [6.07, 6.45) is 7.68. The number of hydrogen-bond donors (Lipinski definition) is 1. The van der Waals surface area contributed by atoms with Gasteiger partial charge in [-0.3, -0.25) is 14.6 Å². The van der Waals surface area contributed by atoms with E-state index in [1.807, 2.05) is 35.2 Å². The fraction of sp³-hybridized carbons (Fsp3) is 0.360. The van der Waals surface area contributed by atoms with Crippen LogP contribution in [-0.2, 0) is 12.8 Å². The van der Waals surface area contributed by atoms with Crippen LogP contribution in [0.5, 0.6) is 0 Å². The number of hydrogen-bond acceptors (Lipinski definition) is 5. The molecule has 1 aliphatic carbocycles. The maximum absolute atomic E-state index is 13.2. The molecule has 3 aromatic heterocycles. The van der Waals surface area contributed by atoms with Gasteiger partial charge >= 0.3 is 0 Å². The standard InChI is InChI=1S/C25H24N4O2S/c30-23-20-18-7-3-4-8-19(18)32-24(20)28-22(27-23)16-10-13-29(14-11-16)25(31)21-17-6-2-1-5-15(17)9-12-26-21/h1-2,5-6,9,12,16H,3-4,7-8,10-11,13-14H2,(H,27,28,30). The Labute approximate surface area is 189 Å². The summed E-state index contributed by atoms with van der Waals surface area (Å²) >= 11 is 1.69. The van der Waals surface area contributed by atoms with Crippen molar-refractivity contribution < 1.29 is 4.79 Å². The second-order valence-electron chi connectivity index (χ2n) is 8.79. The van der Waals surface area contributed by atoms with Gasteiger partial charge in [-0.1, -0.05) is 24.3 Å². The zero-order chi connectivity index (χ0) is 21.7. The van der Waals surface area contributed by atoms with Crippen molar-refractivity contribution in [3.63, 3.8) is 0 Å². The molecule has 4 aromatic rings. The fourth-order valence-electron chi connectivity index (χ4n) is 5.17. The van der Waals surface area contributed by atoms with Gasteiger partial charge in [0, 0.05) is 35.5 Å². The lowest BCUT2D eigenvalue weighted by Crippen LogP contribution is -2.39. The number of aromatic amines is 1. The number of nitrogens with one attached hydrogen (secondary N) is 1. The Morgan fingerprint density at radius 3 is 2.78 bits per heavy atom. The van der Waals surface area contributed by atoms with Crippen LogP contribution in [0.1, 0.15) is 58.4 Å². The predicted octanol–water partition coefficient (Wildman–Crippen LogP) is 4.43. The van der Waals surface area contributed by atoms with E-state index >= 15 is 0 Å². The first-order valence-electron chi connectivity index (χ1n) is 11.4. The van der Waals surface area contributed by atoms with Gasteiger partial charge in [-0.05, 0) is 55.5 Å². The molecular formula is C25H24N4O2S. The van der Waals surface area contributed by atoms with E-state index in [1.54, 1.807) is 17.5 Å². The van der Waals surface area contributed by atoms with Crippen molar-refractivity contribution >= 4 is 38.2 Å². The van der Waals surface area contributed by atoms with Crippen LogP contribution in [0.15, 0.2) is 41.3 Å². The van der Waals surface area contributed by atoms with E-state index in [9.17, 15) is 9.59 Å². The summed E-state index contributed by atoms with van der Waals surface area (Å²) in [5, 5.41) is 2.72. The molecule has 0 atom stereocenters. The first-order valence-corrected chi connectivity index (χ1v) is 12.2. The molecule has 6 rings (SSSR count). The first kappa shape index (κ1) is 19.6. The van der Waals surface area contributed by atoms with Gasteiger partial charge in [0.1, 0.15) is 16.3 Å². The van der Waals surface area contributed by atoms with Crippen molar-refractivity contribution in [2.75, 3.05) is 13.1 Å². The van der Waals surface area contributed by atoms with Crippen molar-refractivity contribution in [1.29, 1.82) is 0 Å². The van der Waals surface area contributed by atoms with E-state index in [2.05, 4.69) is 9.97 Å². The molecule has 7 heteroatoms. The molecule has 1 saturated heterocycles. The van der Waals surface area contributed by atoms with Crippen LogP contribution in [-0.4, -0.2) is 38.8 Å². The summed E-state index contributed by atoms with van der Waals surface area (Å²) in [5.41, 5.74) is 1.74. The number of benzene rings is 1. The number of rotatable bonds is 2. The van der Waals surface area contributed by atoms with Crippen LogP contribution in [0.4, 0.5) is 0 Å². The smallest absolute Gasteiger partial charge is 0.273 e. The number of H-pyrrole nitrogens is 1. The van der Waals surface area contributed by atoms with Gasteiger partial charge in [0.15, 0.2) is 0 Å². The van der Waals surface area contributed by atoms with Gasteiger partial charge in [-0.25, -0.2) is 4.98 Å². The minimum absolute atomic E-state index is 0.00265. The molecule has 1 fully saturated rings. The van der Waals surface area contributed by atoms with Crippen LogP contribution < -0.4 is 5.56 Å². The van der Waals surface area contributed by atoms with Gasteiger partial charge in [-0.2, -0.15) is 0 Å². The van der Waals surface area contributed by atoms with Crippen LogP contribution in [0.3, 0.4) is 0 Å². The predicted molar refractivity (Wildman–Crippen MR) is 127 cm³/mol. The van der Waals surface area contributed by atoms with E-state index in [-0.39, 0.29) is 17.4 Å². The highest BCUT2D eigenvalue weighted by Gasteiger charge is 2.28. The topological polar surface area (TPSA) is 79.0 Å². The zero-order valence-corrected chi connectivity index (χ0v) is 18.6. The van der Waals surface area contributed by atoms with Crippen LogP contribution in [0, 0.1) is 0 Å². The number of piperidine rings is 1. The molecule has 0 radical (unpaired) electrons. The van der Waals surface area contributed by atoms with E-state index in [0.29, 0.717) is 18.8 Å². The molecule has 0 unspecified atom stereocenters. The third-order valence-electron chi connectivity index (χ3n) is 6.89. The first-order chi connectivity index (χ1) is 15.7. The Morgan fingerprint density at radius 2 is 1.91 bits per heavy atom. The van der Waals surface area contributed by atoms with E-state index in [1.165, 1.54) is 16.9 Å². The molecular weight excluding hydrogens is 420 g/mol. The second-order valence-corrected chi connectivity index (χ2v) is 9.87.